The molecule has 0 aliphatic carbocycles. The van der Waals surface area contributed by atoms with Gasteiger partial charge >= 0.3 is 30.1 Å². The minimum atomic E-state index is -6.97. The van der Waals surface area contributed by atoms with Crippen molar-refractivity contribution in [3.63, 3.8) is 0 Å². The molecule has 0 rings (SSSR count). The zero-order valence-electron chi connectivity index (χ0n) is 14.8. The van der Waals surface area contributed by atoms with Gasteiger partial charge in [0.05, 0.1) is 5.41 Å². The Morgan fingerprint density at radius 2 is 1.04 bits per heavy atom. The minimum absolute atomic E-state index is 0.288. The second-order valence-corrected chi connectivity index (χ2v) is 7.24. The lowest BCUT2D eigenvalue weighted by atomic mass is 9.67. The molecule has 0 aromatic carbocycles. The van der Waals surface area contributed by atoms with Gasteiger partial charge < -0.3 is 4.74 Å². The lowest BCUT2D eigenvalue weighted by Gasteiger charge is -2.43. The molecular formula is C15H19F9O2. The van der Waals surface area contributed by atoms with Crippen LogP contribution in [0.4, 0.5) is 39.5 Å². The molecule has 11 heteroatoms. The fourth-order valence-electron chi connectivity index (χ4n) is 2.06. The van der Waals surface area contributed by atoms with Gasteiger partial charge in [-0.05, 0) is 26.2 Å². The van der Waals surface area contributed by atoms with Crippen LogP contribution in [0.1, 0.15) is 41.5 Å². The molecule has 0 saturated heterocycles. The molecule has 0 N–H and O–H groups in total. The SMILES string of the molecule is CC(C)=CC(C)(C(=O)OC(C(F)(F)F)(C(F)(F)F)C(F)(F)F)C(C)(C)C. The molecule has 0 heterocycles. The van der Waals surface area contributed by atoms with Gasteiger partial charge in [0, 0.05) is 0 Å². The van der Waals surface area contributed by atoms with E-state index in [0.717, 1.165) is 13.0 Å². The summed E-state index contributed by atoms with van der Waals surface area (Å²) in [6.07, 6.45) is -19.9. The lowest BCUT2D eigenvalue weighted by Crippen LogP contribution is -2.69. The Kier molecular flexibility index (Phi) is 6.27. The van der Waals surface area contributed by atoms with E-state index in [2.05, 4.69) is 4.74 Å². The van der Waals surface area contributed by atoms with Gasteiger partial charge in [-0.3, -0.25) is 4.79 Å². The fraction of sp³-hybridized carbons (Fsp3) is 0.800. The van der Waals surface area contributed by atoms with E-state index >= 15 is 0 Å². The van der Waals surface area contributed by atoms with Crippen LogP contribution in [0.3, 0.4) is 0 Å². The third-order valence-electron chi connectivity index (χ3n) is 4.00. The van der Waals surface area contributed by atoms with Crippen LogP contribution in [0.25, 0.3) is 0 Å². The highest BCUT2D eigenvalue weighted by molar-refractivity contribution is 5.80. The Hall–Kier alpha value is -1.42. The summed E-state index contributed by atoms with van der Waals surface area (Å²) in [5.74, 6) is -2.29. The summed E-state index contributed by atoms with van der Waals surface area (Å²) in [4.78, 5) is 12.2. The van der Waals surface area contributed by atoms with E-state index in [-0.39, 0.29) is 5.57 Å². The van der Waals surface area contributed by atoms with Crippen LogP contribution in [0.5, 0.6) is 0 Å². The summed E-state index contributed by atoms with van der Waals surface area (Å²) in [5, 5.41) is 0. The highest BCUT2D eigenvalue weighted by Gasteiger charge is 2.87. The van der Waals surface area contributed by atoms with Crippen molar-refractivity contribution in [1.82, 2.24) is 0 Å². The first-order valence-electron chi connectivity index (χ1n) is 7.14. The Bertz CT molecular complexity index is 522. The van der Waals surface area contributed by atoms with Gasteiger partial charge in [0.15, 0.2) is 0 Å². The number of rotatable bonds is 3. The zero-order chi connectivity index (χ0) is 21.6. The van der Waals surface area contributed by atoms with Gasteiger partial charge in [-0.1, -0.05) is 32.4 Å². The second kappa shape index (κ2) is 6.63. The smallest absolute Gasteiger partial charge is 0.431 e. The molecular weight excluding hydrogens is 383 g/mol. The van der Waals surface area contributed by atoms with Crippen LogP contribution in [0, 0.1) is 10.8 Å². The molecule has 0 fully saturated rings. The number of alkyl halides is 9. The van der Waals surface area contributed by atoms with Crippen molar-refractivity contribution in [3.8, 4) is 0 Å². The summed E-state index contributed by atoms with van der Waals surface area (Å²) in [7, 11) is 0. The molecule has 0 saturated carbocycles. The standard InChI is InChI=1S/C15H19F9O2/c1-8(2)7-11(6,10(3,4)5)9(25)26-12(13(16,17)18,14(19,20)21)15(22,23)24/h7H,1-6H3. The van der Waals surface area contributed by atoms with E-state index in [1.807, 2.05) is 0 Å². The normalized spacial score (nSPS) is 16.7. The Morgan fingerprint density at radius 3 is 1.23 bits per heavy atom. The topological polar surface area (TPSA) is 26.3 Å². The largest absolute Gasteiger partial charge is 0.447 e. The van der Waals surface area contributed by atoms with E-state index in [9.17, 15) is 44.3 Å². The molecule has 26 heavy (non-hydrogen) atoms. The monoisotopic (exact) mass is 402 g/mol. The summed E-state index contributed by atoms with van der Waals surface area (Å²) in [5.41, 5.74) is -9.89. The predicted octanol–water partition coefficient (Wildman–Crippen LogP) is 5.97. The molecule has 0 radical (unpaired) electrons. The summed E-state index contributed by atoms with van der Waals surface area (Å²) < 4.78 is 120. The summed E-state index contributed by atoms with van der Waals surface area (Å²) in [6.45, 7) is 7.47. The van der Waals surface area contributed by atoms with Crippen LogP contribution in [0.2, 0.25) is 0 Å². The number of ether oxygens (including phenoxy) is 1. The molecule has 0 aromatic rings. The third kappa shape index (κ3) is 4.11. The van der Waals surface area contributed by atoms with Gasteiger partial charge in [0.2, 0.25) is 0 Å². The molecule has 0 aromatic heterocycles. The second-order valence-electron chi connectivity index (χ2n) is 7.24. The number of hydrogen-bond donors (Lipinski definition) is 0. The number of carbonyl (C=O) groups excluding carboxylic acids is 1. The average molecular weight is 402 g/mol. The Morgan fingerprint density at radius 1 is 0.731 bits per heavy atom. The third-order valence-corrected chi connectivity index (χ3v) is 4.00. The molecule has 0 spiro atoms. The molecule has 1 unspecified atom stereocenters. The van der Waals surface area contributed by atoms with Gasteiger partial charge in [0.1, 0.15) is 0 Å². The Balaban J connectivity index is 6.67. The minimum Gasteiger partial charge on any atom is -0.431 e. The molecule has 1 atom stereocenters. The summed E-state index contributed by atoms with van der Waals surface area (Å²) >= 11 is 0. The lowest BCUT2D eigenvalue weighted by molar-refractivity contribution is -0.447. The molecule has 0 aliphatic heterocycles. The van der Waals surface area contributed by atoms with Crippen molar-refractivity contribution in [2.24, 2.45) is 10.8 Å². The van der Waals surface area contributed by atoms with E-state index in [1.54, 1.807) is 0 Å². The highest BCUT2D eigenvalue weighted by atomic mass is 19.4. The van der Waals surface area contributed by atoms with Crippen molar-refractivity contribution in [3.05, 3.63) is 11.6 Å². The van der Waals surface area contributed by atoms with Crippen molar-refractivity contribution < 1.29 is 49.0 Å². The van der Waals surface area contributed by atoms with Crippen LogP contribution in [0.15, 0.2) is 11.6 Å². The number of carbonyl (C=O) groups is 1. The van der Waals surface area contributed by atoms with Gasteiger partial charge in [-0.2, -0.15) is 39.5 Å². The van der Waals surface area contributed by atoms with E-state index in [4.69, 9.17) is 0 Å². The predicted molar refractivity (Wildman–Crippen MR) is 74.0 cm³/mol. The quantitative estimate of drug-likeness (QED) is 0.330. The molecule has 0 aliphatic rings. The number of allylic oxidation sites excluding steroid dienone is 1. The summed E-state index contributed by atoms with van der Waals surface area (Å²) in [6, 6.07) is 0. The Labute approximate surface area is 144 Å². The van der Waals surface area contributed by atoms with Crippen LogP contribution < -0.4 is 0 Å². The van der Waals surface area contributed by atoms with Crippen molar-refractivity contribution in [2.75, 3.05) is 0 Å². The first kappa shape index (κ1) is 24.6. The maximum absolute atomic E-state index is 12.9. The van der Waals surface area contributed by atoms with Gasteiger partial charge in [-0.25, -0.2) is 0 Å². The number of hydrogen-bond acceptors (Lipinski definition) is 2. The van der Waals surface area contributed by atoms with Crippen molar-refractivity contribution in [1.29, 1.82) is 0 Å². The zero-order valence-corrected chi connectivity index (χ0v) is 14.8. The van der Waals surface area contributed by atoms with Gasteiger partial charge in [-0.15, -0.1) is 0 Å². The fourth-order valence-corrected chi connectivity index (χ4v) is 2.06. The first-order valence-corrected chi connectivity index (χ1v) is 7.14. The molecule has 2 nitrogen and oxygen atoms in total. The van der Waals surface area contributed by atoms with Crippen LogP contribution in [-0.4, -0.2) is 30.1 Å². The number of halogens is 9. The molecule has 0 amide bonds. The average Bonchev–Trinajstić information content (AvgIpc) is 2.27. The van der Waals surface area contributed by atoms with E-state index in [0.29, 0.717) is 0 Å². The highest BCUT2D eigenvalue weighted by Crippen LogP contribution is 2.56. The van der Waals surface area contributed by atoms with Gasteiger partial charge in [0.25, 0.3) is 0 Å². The van der Waals surface area contributed by atoms with E-state index in [1.165, 1.54) is 34.6 Å². The van der Waals surface area contributed by atoms with E-state index < -0.39 is 40.9 Å². The van der Waals surface area contributed by atoms with Crippen LogP contribution >= 0.6 is 0 Å². The molecule has 0 bridgehead atoms. The van der Waals surface area contributed by atoms with Crippen LogP contribution in [-0.2, 0) is 9.53 Å². The maximum atomic E-state index is 12.9. The van der Waals surface area contributed by atoms with Crippen molar-refractivity contribution >= 4 is 5.97 Å². The first-order chi connectivity index (χ1) is 11.0. The maximum Gasteiger partial charge on any atom is 0.447 e. The molecule has 154 valence electrons. The number of esters is 1. The van der Waals surface area contributed by atoms with Crippen molar-refractivity contribution in [2.45, 2.75) is 65.7 Å².